The molecule has 0 aromatic rings. The summed E-state index contributed by atoms with van der Waals surface area (Å²) in [7, 11) is 1.56. The zero-order valence-electron chi connectivity index (χ0n) is 8.37. The Bertz CT molecular complexity index is 189. The van der Waals surface area contributed by atoms with E-state index < -0.39 is 0 Å². The molecule has 0 saturated heterocycles. The minimum Gasteiger partial charge on any atom is -0.465 e. The third-order valence-electron chi connectivity index (χ3n) is 1.47. The maximum absolute atomic E-state index is 11.2. The predicted molar refractivity (Wildman–Crippen MR) is 48.8 cm³/mol. The van der Waals surface area contributed by atoms with Gasteiger partial charge in [0.05, 0.1) is 6.61 Å². The summed E-state index contributed by atoms with van der Waals surface area (Å²) in [5.74, 6) is -0.883. The van der Waals surface area contributed by atoms with Gasteiger partial charge < -0.3 is 9.64 Å². The van der Waals surface area contributed by atoms with Crippen molar-refractivity contribution in [1.82, 2.24) is 4.90 Å². The lowest BCUT2D eigenvalue weighted by molar-refractivity contribution is -0.148. The highest BCUT2D eigenvalue weighted by Crippen LogP contribution is 1.98. The third-order valence-corrected chi connectivity index (χ3v) is 1.47. The van der Waals surface area contributed by atoms with Crippen LogP contribution in [0.25, 0.3) is 0 Å². The fourth-order valence-electron chi connectivity index (χ4n) is 0.854. The van der Waals surface area contributed by atoms with Gasteiger partial charge >= 0.3 is 5.97 Å². The first kappa shape index (κ1) is 11.9. The fourth-order valence-corrected chi connectivity index (χ4v) is 0.854. The zero-order valence-corrected chi connectivity index (χ0v) is 8.37. The molecule has 1 unspecified atom stereocenters. The van der Waals surface area contributed by atoms with Crippen LogP contribution >= 0.6 is 0 Å². The molecule has 0 aliphatic carbocycles. The summed E-state index contributed by atoms with van der Waals surface area (Å²) in [5, 5.41) is 0. The van der Waals surface area contributed by atoms with Crippen molar-refractivity contribution in [2.24, 2.45) is 5.92 Å². The summed E-state index contributed by atoms with van der Waals surface area (Å²) in [5.41, 5.74) is 0. The van der Waals surface area contributed by atoms with Crippen molar-refractivity contribution in [3.8, 4) is 0 Å². The van der Waals surface area contributed by atoms with Crippen molar-refractivity contribution in [1.29, 1.82) is 0 Å². The third kappa shape index (κ3) is 4.50. The SMILES string of the molecule is [CH2]C(C)C(=O)N(C)CC(=O)OCC. The minimum absolute atomic E-state index is 0.00741. The molecule has 0 N–H and O–H groups in total. The monoisotopic (exact) mass is 186 g/mol. The fraction of sp³-hybridized carbons (Fsp3) is 0.667. The minimum atomic E-state index is -0.390. The molecular formula is C9H16NO3. The summed E-state index contributed by atoms with van der Waals surface area (Å²) in [6.45, 7) is 7.31. The molecule has 1 amide bonds. The Kier molecular flexibility index (Phi) is 5.11. The summed E-state index contributed by atoms with van der Waals surface area (Å²) >= 11 is 0. The molecule has 0 spiro atoms. The van der Waals surface area contributed by atoms with Crippen LogP contribution in [0.5, 0.6) is 0 Å². The first-order valence-corrected chi connectivity index (χ1v) is 4.22. The van der Waals surface area contributed by atoms with Crippen molar-refractivity contribution >= 4 is 11.9 Å². The molecule has 0 fully saturated rings. The summed E-state index contributed by atoms with van der Waals surface area (Å²) < 4.78 is 4.69. The van der Waals surface area contributed by atoms with Crippen LogP contribution in [0, 0.1) is 12.8 Å². The molecule has 1 radical (unpaired) electrons. The highest BCUT2D eigenvalue weighted by molar-refractivity contribution is 5.83. The number of likely N-dealkylation sites (N-methyl/N-ethyl adjacent to an activating group) is 1. The second-order valence-corrected chi connectivity index (χ2v) is 2.90. The number of hydrogen-bond donors (Lipinski definition) is 0. The number of ether oxygens (including phenoxy) is 1. The van der Waals surface area contributed by atoms with E-state index in [-0.39, 0.29) is 24.3 Å². The predicted octanol–water partition coefficient (Wildman–Crippen LogP) is 0.478. The Morgan fingerprint density at radius 2 is 2.08 bits per heavy atom. The topological polar surface area (TPSA) is 46.6 Å². The Morgan fingerprint density at radius 3 is 2.46 bits per heavy atom. The van der Waals surface area contributed by atoms with Crippen molar-refractivity contribution in [2.45, 2.75) is 13.8 Å². The van der Waals surface area contributed by atoms with Crippen LogP contribution in [-0.2, 0) is 14.3 Å². The molecule has 0 aliphatic rings. The lowest BCUT2D eigenvalue weighted by atomic mass is 10.2. The van der Waals surface area contributed by atoms with Crippen molar-refractivity contribution in [3.63, 3.8) is 0 Å². The standard InChI is InChI=1S/C9H16NO3/c1-5-13-8(11)6-10(4)9(12)7(2)3/h7H,2,5-6H2,1,3-4H3. The Hall–Kier alpha value is -1.06. The van der Waals surface area contributed by atoms with E-state index in [1.54, 1.807) is 20.9 Å². The lowest BCUT2D eigenvalue weighted by Gasteiger charge is -2.17. The van der Waals surface area contributed by atoms with Crippen LogP contribution in [0.1, 0.15) is 13.8 Å². The second-order valence-electron chi connectivity index (χ2n) is 2.90. The van der Waals surface area contributed by atoms with Crippen LogP contribution in [0.3, 0.4) is 0 Å². The molecule has 4 nitrogen and oxygen atoms in total. The van der Waals surface area contributed by atoms with Gasteiger partial charge in [-0.25, -0.2) is 0 Å². The molecule has 0 aromatic heterocycles. The highest BCUT2D eigenvalue weighted by atomic mass is 16.5. The normalized spacial score (nSPS) is 9.92. The summed E-state index contributed by atoms with van der Waals surface area (Å²) in [4.78, 5) is 23.5. The van der Waals surface area contributed by atoms with Gasteiger partial charge in [-0.1, -0.05) is 6.92 Å². The van der Waals surface area contributed by atoms with Gasteiger partial charge in [0, 0.05) is 13.0 Å². The highest BCUT2D eigenvalue weighted by Gasteiger charge is 2.15. The van der Waals surface area contributed by atoms with E-state index in [0.717, 1.165) is 0 Å². The maximum Gasteiger partial charge on any atom is 0.325 e. The maximum atomic E-state index is 11.2. The zero-order chi connectivity index (χ0) is 10.4. The van der Waals surface area contributed by atoms with Crippen LogP contribution in [-0.4, -0.2) is 37.0 Å². The average molecular weight is 186 g/mol. The molecule has 4 heteroatoms. The number of carbonyl (C=O) groups excluding carboxylic acids is 2. The van der Waals surface area contributed by atoms with Gasteiger partial charge in [0.15, 0.2) is 0 Å². The van der Waals surface area contributed by atoms with E-state index in [0.29, 0.717) is 6.61 Å². The molecule has 0 rings (SSSR count). The molecule has 0 bridgehead atoms. The molecule has 0 saturated carbocycles. The molecule has 13 heavy (non-hydrogen) atoms. The molecule has 0 heterocycles. The average Bonchev–Trinajstić information content (AvgIpc) is 2.03. The van der Waals surface area contributed by atoms with Gasteiger partial charge in [-0.3, -0.25) is 9.59 Å². The van der Waals surface area contributed by atoms with Gasteiger partial charge in [0.25, 0.3) is 0 Å². The van der Waals surface area contributed by atoms with E-state index in [2.05, 4.69) is 11.7 Å². The Balaban J connectivity index is 3.92. The van der Waals surface area contributed by atoms with Crippen LogP contribution in [0.2, 0.25) is 0 Å². The number of rotatable bonds is 4. The van der Waals surface area contributed by atoms with Crippen molar-refractivity contribution in [2.75, 3.05) is 20.2 Å². The van der Waals surface area contributed by atoms with Gasteiger partial charge in [-0.2, -0.15) is 0 Å². The smallest absolute Gasteiger partial charge is 0.325 e. The number of esters is 1. The largest absolute Gasteiger partial charge is 0.465 e. The quantitative estimate of drug-likeness (QED) is 0.600. The molecule has 0 aliphatic heterocycles. The first-order valence-electron chi connectivity index (χ1n) is 4.22. The van der Waals surface area contributed by atoms with Gasteiger partial charge in [-0.05, 0) is 13.8 Å². The lowest BCUT2D eigenvalue weighted by Crippen LogP contribution is -2.35. The Morgan fingerprint density at radius 1 is 1.54 bits per heavy atom. The molecule has 0 aromatic carbocycles. The van der Waals surface area contributed by atoms with Gasteiger partial charge in [0.2, 0.25) is 5.91 Å². The van der Waals surface area contributed by atoms with E-state index in [1.165, 1.54) is 4.90 Å². The van der Waals surface area contributed by atoms with Gasteiger partial charge in [-0.15, -0.1) is 0 Å². The number of nitrogens with zero attached hydrogens (tertiary/aromatic N) is 1. The van der Waals surface area contributed by atoms with Crippen LogP contribution < -0.4 is 0 Å². The van der Waals surface area contributed by atoms with Crippen molar-refractivity contribution in [3.05, 3.63) is 6.92 Å². The van der Waals surface area contributed by atoms with E-state index in [1.807, 2.05) is 0 Å². The number of hydrogen-bond acceptors (Lipinski definition) is 3. The summed E-state index contributed by atoms with van der Waals surface area (Å²) in [6, 6.07) is 0. The number of carbonyl (C=O) groups is 2. The van der Waals surface area contributed by atoms with Crippen LogP contribution in [0.4, 0.5) is 0 Å². The Labute approximate surface area is 78.9 Å². The van der Waals surface area contributed by atoms with Gasteiger partial charge in [0.1, 0.15) is 6.54 Å². The first-order chi connectivity index (χ1) is 5.99. The molecule has 1 atom stereocenters. The summed E-state index contributed by atoms with van der Waals surface area (Å²) in [6.07, 6.45) is 0. The van der Waals surface area contributed by atoms with E-state index >= 15 is 0 Å². The molecular weight excluding hydrogens is 170 g/mol. The van der Waals surface area contributed by atoms with Crippen molar-refractivity contribution < 1.29 is 14.3 Å². The van der Waals surface area contributed by atoms with E-state index in [9.17, 15) is 9.59 Å². The second kappa shape index (κ2) is 5.56. The van der Waals surface area contributed by atoms with E-state index in [4.69, 9.17) is 0 Å². The van der Waals surface area contributed by atoms with Crippen LogP contribution in [0.15, 0.2) is 0 Å². The number of amides is 1. The molecule has 75 valence electrons.